The zero-order chi connectivity index (χ0) is 13.1. The van der Waals surface area contributed by atoms with E-state index in [-0.39, 0.29) is 0 Å². The van der Waals surface area contributed by atoms with Crippen LogP contribution in [0.3, 0.4) is 0 Å². The Morgan fingerprint density at radius 1 is 1.06 bits per heavy atom. The van der Waals surface area contributed by atoms with Gasteiger partial charge in [-0.3, -0.25) is 0 Å². The number of methoxy groups -OCH3 is 1. The predicted octanol–water partition coefficient (Wildman–Crippen LogP) is 3.15. The number of esters is 1. The van der Waals surface area contributed by atoms with Gasteiger partial charge < -0.3 is 4.74 Å². The van der Waals surface area contributed by atoms with Crippen LogP contribution in [0.25, 0.3) is 11.1 Å². The van der Waals surface area contributed by atoms with E-state index in [0.717, 1.165) is 16.8 Å². The molecule has 0 unspecified atom stereocenters. The molecule has 0 saturated carbocycles. The number of carbonyl (C=O) groups is 1. The number of pyridine rings is 1. The first kappa shape index (κ1) is 12.3. The van der Waals surface area contributed by atoms with E-state index < -0.39 is 5.97 Å². The van der Waals surface area contributed by atoms with Gasteiger partial charge in [0.15, 0.2) is 0 Å². The van der Waals surface area contributed by atoms with Gasteiger partial charge in [0.1, 0.15) is 5.69 Å². The molecule has 3 nitrogen and oxygen atoms in total. The van der Waals surface area contributed by atoms with Crippen LogP contribution >= 0.6 is 0 Å². The summed E-state index contributed by atoms with van der Waals surface area (Å²) in [4.78, 5) is 15.6. The summed E-state index contributed by atoms with van der Waals surface area (Å²) in [5.74, 6) is -0.409. The third-order valence-corrected chi connectivity index (χ3v) is 2.84. The van der Waals surface area contributed by atoms with Crippen molar-refractivity contribution >= 4 is 5.97 Å². The number of hydrogen-bond donors (Lipinski definition) is 0. The molecule has 0 aliphatic carbocycles. The Morgan fingerprint density at radius 2 is 1.72 bits per heavy atom. The first-order chi connectivity index (χ1) is 8.61. The summed E-state index contributed by atoms with van der Waals surface area (Å²) in [6, 6.07) is 11.8. The largest absolute Gasteiger partial charge is 0.464 e. The molecular formula is C15H15NO2. The van der Waals surface area contributed by atoms with Gasteiger partial charge in [-0.15, -0.1) is 0 Å². The highest BCUT2D eigenvalue weighted by atomic mass is 16.5. The molecule has 0 radical (unpaired) electrons. The minimum atomic E-state index is -0.409. The van der Waals surface area contributed by atoms with Gasteiger partial charge in [0, 0.05) is 11.3 Å². The predicted molar refractivity (Wildman–Crippen MR) is 70.5 cm³/mol. The van der Waals surface area contributed by atoms with Gasteiger partial charge in [-0.05, 0) is 25.5 Å². The lowest BCUT2D eigenvalue weighted by molar-refractivity contribution is 0.0594. The Bertz CT molecular complexity index is 574. The Kier molecular flexibility index (Phi) is 3.42. The highest BCUT2D eigenvalue weighted by Crippen LogP contribution is 2.22. The average molecular weight is 241 g/mol. The number of nitrogens with zero attached hydrogens (tertiary/aromatic N) is 1. The molecule has 1 aromatic carbocycles. The number of carbonyl (C=O) groups excluding carboxylic acids is 1. The van der Waals surface area contributed by atoms with Crippen molar-refractivity contribution in [3.63, 3.8) is 0 Å². The molecule has 0 fully saturated rings. The van der Waals surface area contributed by atoms with Crippen LogP contribution in [0.5, 0.6) is 0 Å². The normalized spacial score (nSPS) is 10.2. The molecular weight excluding hydrogens is 226 g/mol. The molecule has 0 aliphatic rings. The molecule has 0 spiro atoms. The molecule has 2 rings (SSSR count). The monoisotopic (exact) mass is 241 g/mol. The first-order valence-electron chi connectivity index (χ1n) is 5.75. The molecule has 2 aromatic rings. The lowest BCUT2D eigenvalue weighted by Crippen LogP contribution is -2.05. The average Bonchev–Trinajstić information content (AvgIpc) is 2.39. The van der Waals surface area contributed by atoms with Crippen molar-refractivity contribution in [1.82, 2.24) is 4.98 Å². The van der Waals surface area contributed by atoms with Gasteiger partial charge in [0.05, 0.1) is 7.11 Å². The molecule has 92 valence electrons. The van der Waals surface area contributed by atoms with E-state index in [1.807, 2.05) is 13.0 Å². The summed E-state index contributed by atoms with van der Waals surface area (Å²) in [5, 5.41) is 0. The van der Waals surface area contributed by atoms with Crippen LogP contribution in [0.4, 0.5) is 0 Å². The Hall–Kier alpha value is -2.16. The number of aromatic nitrogens is 1. The Labute approximate surface area is 106 Å². The van der Waals surface area contributed by atoms with Crippen molar-refractivity contribution in [2.45, 2.75) is 13.8 Å². The molecule has 1 aromatic heterocycles. The number of aryl methyl sites for hydroxylation is 2. The molecule has 0 N–H and O–H groups in total. The van der Waals surface area contributed by atoms with Gasteiger partial charge in [-0.1, -0.05) is 35.9 Å². The lowest BCUT2D eigenvalue weighted by atomic mass is 10.0. The molecule has 1 heterocycles. The zero-order valence-electron chi connectivity index (χ0n) is 10.7. The van der Waals surface area contributed by atoms with Gasteiger partial charge in [-0.2, -0.15) is 0 Å². The molecule has 18 heavy (non-hydrogen) atoms. The zero-order valence-corrected chi connectivity index (χ0v) is 10.7. The summed E-state index contributed by atoms with van der Waals surface area (Å²) in [7, 11) is 1.35. The van der Waals surface area contributed by atoms with E-state index in [9.17, 15) is 4.79 Å². The summed E-state index contributed by atoms with van der Waals surface area (Å²) < 4.78 is 4.65. The van der Waals surface area contributed by atoms with E-state index in [1.165, 1.54) is 12.7 Å². The fourth-order valence-corrected chi connectivity index (χ4v) is 1.82. The quantitative estimate of drug-likeness (QED) is 0.758. The summed E-state index contributed by atoms with van der Waals surface area (Å²) >= 11 is 0. The molecule has 0 amide bonds. The van der Waals surface area contributed by atoms with Crippen LogP contribution in [0.15, 0.2) is 36.4 Å². The van der Waals surface area contributed by atoms with E-state index in [2.05, 4.69) is 40.9 Å². The molecule has 0 atom stereocenters. The van der Waals surface area contributed by atoms with E-state index in [4.69, 9.17) is 0 Å². The smallest absolute Gasteiger partial charge is 0.356 e. The highest BCUT2D eigenvalue weighted by Gasteiger charge is 2.10. The summed E-state index contributed by atoms with van der Waals surface area (Å²) in [6.45, 7) is 3.94. The minimum absolute atomic E-state index is 0.339. The second-order valence-corrected chi connectivity index (χ2v) is 4.19. The topological polar surface area (TPSA) is 39.2 Å². The van der Waals surface area contributed by atoms with Crippen LogP contribution in [-0.2, 0) is 4.74 Å². The van der Waals surface area contributed by atoms with Crippen molar-refractivity contribution in [3.8, 4) is 11.1 Å². The number of benzene rings is 1. The van der Waals surface area contributed by atoms with Gasteiger partial charge in [0.25, 0.3) is 0 Å². The SMILES string of the molecule is COC(=O)c1ccc(-c2ccc(C)cc2)c(C)n1. The third kappa shape index (κ3) is 2.40. The summed E-state index contributed by atoms with van der Waals surface area (Å²) in [6.07, 6.45) is 0. The fourth-order valence-electron chi connectivity index (χ4n) is 1.82. The van der Waals surface area contributed by atoms with Crippen LogP contribution in [0.2, 0.25) is 0 Å². The molecule has 3 heteroatoms. The number of rotatable bonds is 2. The van der Waals surface area contributed by atoms with Crippen LogP contribution in [-0.4, -0.2) is 18.1 Å². The van der Waals surface area contributed by atoms with E-state index in [0.29, 0.717) is 5.69 Å². The minimum Gasteiger partial charge on any atom is -0.464 e. The fraction of sp³-hybridized carbons (Fsp3) is 0.200. The van der Waals surface area contributed by atoms with Crippen LogP contribution in [0.1, 0.15) is 21.7 Å². The number of hydrogen-bond acceptors (Lipinski definition) is 3. The first-order valence-corrected chi connectivity index (χ1v) is 5.75. The highest BCUT2D eigenvalue weighted by molar-refractivity contribution is 5.87. The molecule has 0 aliphatic heterocycles. The van der Waals surface area contributed by atoms with Crippen molar-refractivity contribution in [3.05, 3.63) is 53.3 Å². The second-order valence-electron chi connectivity index (χ2n) is 4.19. The Balaban J connectivity index is 2.41. The maximum atomic E-state index is 11.4. The van der Waals surface area contributed by atoms with Crippen LogP contribution < -0.4 is 0 Å². The Morgan fingerprint density at radius 3 is 2.28 bits per heavy atom. The van der Waals surface area contributed by atoms with Crippen molar-refractivity contribution in [2.75, 3.05) is 7.11 Å². The summed E-state index contributed by atoms with van der Waals surface area (Å²) in [5.41, 5.74) is 4.51. The van der Waals surface area contributed by atoms with Crippen LogP contribution in [0, 0.1) is 13.8 Å². The molecule has 0 bridgehead atoms. The van der Waals surface area contributed by atoms with Crippen molar-refractivity contribution in [1.29, 1.82) is 0 Å². The maximum Gasteiger partial charge on any atom is 0.356 e. The number of ether oxygens (including phenoxy) is 1. The third-order valence-electron chi connectivity index (χ3n) is 2.84. The van der Waals surface area contributed by atoms with Gasteiger partial charge in [-0.25, -0.2) is 9.78 Å². The second kappa shape index (κ2) is 5.00. The lowest BCUT2D eigenvalue weighted by Gasteiger charge is -2.07. The van der Waals surface area contributed by atoms with Crippen molar-refractivity contribution in [2.24, 2.45) is 0 Å². The maximum absolute atomic E-state index is 11.4. The van der Waals surface area contributed by atoms with E-state index in [1.54, 1.807) is 6.07 Å². The molecule has 0 saturated heterocycles. The van der Waals surface area contributed by atoms with Crippen molar-refractivity contribution < 1.29 is 9.53 Å². The standard InChI is InChI=1S/C15H15NO2/c1-10-4-6-12(7-5-10)13-8-9-14(15(17)18-3)16-11(13)2/h4-9H,1-3H3. The van der Waals surface area contributed by atoms with Gasteiger partial charge in [0.2, 0.25) is 0 Å². The van der Waals surface area contributed by atoms with E-state index >= 15 is 0 Å². The van der Waals surface area contributed by atoms with Gasteiger partial charge >= 0.3 is 5.97 Å².